The Kier molecular flexibility index (Phi) is 2.24. The summed E-state index contributed by atoms with van der Waals surface area (Å²) >= 11 is 1.45. The van der Waals surface area contributed by atoms with Crippen molar-refractivity contribution in [3.05, 3.63) is 15.6 Å². The smallest absolute Gasteiger partial charge is 0.355 e. The molecule has 0 saturated heterocycles. The van der Waals surface area contributed by atoms with Crippen molar-refractivity contribution in [3.63, 3.8) is 0 Å². The van der Waals surface area contributed by atoms with Gasteiger partial charge in [0.05, 0.1) is 5.01 Å². The van der Waals surface area contributed by atoms with E-state index in [0.717, 1.165) is 16.3 Å². The fraction of sp³-hybridized carbons (Fsp3) is 0.429. The van der Waals surface area contributed by atoms with E-state index < -0.39 is 5.97 Å². The van der Waals surface area contributed by atoms with Crippen LogP contribution in [0.3, 0.4) is 0 Å². The molecule has 1 aromatic heterocycles. The molecule has 0 spiro atoms. The molecule has 1 aromatic rings. The van der Waals surface area contributed by atoms with E-state index in [1.54, 1.807) is 0 Å². The van der Waals surface area contributed by atoms with Gasteiger partial charge < -0.3 is 5.11 Å². The van der Waals surface area contributed by atoms with E-state index in [2.05, 4.69) is 4.98 Å². The van der Waals surface area contributed by atoms with E-state index in [0.29, 0.717) is 0 Å². The minimum absolute atomic E-state index is 0.218. The third kappa shape index (κ3) is 1.57. The van der Waals surface area contributed by atoms with Crippen molar-refractivity contribution in [1.82, 2.24) is 4.98 Å². The summed E-state index contributed by atoms with van der Waals surface area (Å²) in [7, 11) is 0. The lowest BCUT2D eigenvalue weighted by molar-refractivity contribution is 0.0690. The molecule has 0 atom stereocenters. The van der Waals surface area contributed by atoms with Crippen molar-refractivity contribution in [2.45, 2.75) is 20.3 Å². The van der Waals surface area contributed by atoms with E-state index in [1.807, 2.05) is 13.8 Å². The number of carbonyl (C=O) groups is 1. The zero-order valence-corrected chi connectivity index (χ0v) is 7.23. The molecule has 0 radical (unpaired) electrons. The molecular weight excluding hydrogens is 162 g/mol. The topological polar surface area (TPSA) is 50.2 Å². The molecule has 4 heteroatoms. The molecule has 0 aromatic carbocycles. The van der Waals surface area contributed by atoms with Crippen LogP contribution in [-0.4, -0.2) is 16.1 Å². The summed E-state index contributed by atoms with van der Waals surface area (Å²) in [5.74, 6) is -0.925. The van der Waals surface area contributed by atoms with Crippen LogP contribution in [0.5, 0.6) is 0 Å². The third-order valence-corrected chi connectivity index (χ3v) is 2.44. The van der Waals surface area contributed by atoms with Crippen LogP contribution in [-0.2, 0) is 6.42 Å². The highest BCUT2D eigenvalue weighted by atomic mass is 32.1. The number of thiazole rings is 1. The number of carboxylic acid groups (broad SMARTS) is 1. The summed E-state index contributed by atoms with van der Waals surface area (Å²) in [5, 5.41) is 9.47. The summed E-state index contributed by atoms with van der Waals surface area (Å²) in [5.41, 5.74) is 0.218. The first-order valence-corrected chi connectivity index (χ1v) is 4.16. The summed E-state index contributed by atoms with van der Waals surface area (Å²) in [4.78, 5) is 15.3. The second-order valence-electron chi connectivity index (χ2n) is 2.16. The van der Waals surface area contributed by atoms with Crippen LogP contribution in [0.4, 0.5) is 0 Å². The molecule has 0 saturated carbocycles. The molecule has 0 bridgehead atoms. The molecule has 0 fully saturated rings. The summed E-state index contributed by atoms with van der Waals surface area (Å²) in [6.45, 7) is 3.75. The summed E-state index contributed by atoms with van der Waals surface area (Å²) < 4.78 is 0. The fourth-order valence-corrected chi connectivity index (χ4v) is 1.74. The van der Waals surface area contributed by atoms with Gasteiger partial charge in [0.2, 0.25) is 0 Å². The van der Waals surface area contributed by atoms with Gasteiger partial charge in [-0.15, -0.1) is 11.3 Å². The first kappa shape index (κ1) is 8.20. The molecule has 0 aliphatic carbocycles. The summed E-state index contributed by atoms with van der Waals surface area (Å²) in [6.07, 6.45) is 0.743. The van der Waals surface area contributed by atoms with Crippen molar-refractivity contribution in [2.24, 2.45) is 0 Å². The monoisotopic (exact) mass is 171 g/mol. The number of rotatable bonds is 2. The van der Waals surface area contributed by atoms with Crippen LogP contribution in [0.2, 0.25) is 0 Å². The van der Waals surface area contributed by atoms with Crippen LogP contribution in [0.25, 0.3) is 0 Å². The van der Waals surface area contributed by atoms with Gasteiger partial charge in [-0.3, -0.25) is 0 Å². The Balaban J connectivity index is 3.12. The fourth-order valence-electron chi connectivity index (χ4n) is 0.876. The number of carboxylic acids is 1. The van der Waals surface area contributed by atoms with Crippen molar-refractivity contribution < 1.29 is 9.90 Å². The zero-order valence-electron chi connectivity index (χ0n) is 6.42. The largest absolute Gasteiger partial charge is 0.476 e. The van der Waals surface area contributed by atoms with Crippen molar-refractivity contribution >= 4 is 17.3 Å². The van der Waals surface area contributed by atoms with Crippen LogP contribution >= 0.6 is 11.3 Å². The number of hydrogen-bond donors (Lipinski definition) is 1. The number of hydrogen-bond acceptors (Lipinski definition) is 3. The Morgan fingerprint density at radius 1 is 1.73 bits per heavy atom. The lowest BCUT2D eigenvalue weighted by Crippen LogP contribution is -1.99. The highest BCUT2D eigenvalue weighted by molar-refractivity contribution is 7.11. The minimum Gasteiger partial charge on any atom is -0.476 e. The SMILES string of the molecule is CCc1sc(C)nc1C(=O)O. The third-order valence-electron chi connectivity index (χ3n) is 1.33. The maximum Gasteiger partial charge on any atom is 0.355 e. The van der Waals surface area contributed by atoms with Crippen LogP contribution in [0.15, 0.2) is 0 Å². The van der Waals surface area contributed by atoms with Crippen LogP contribution < -0.4 is 0 Å². The molecule has 0 aliphatic rings. The van der Waals surface area contributed by atoms with Gasteiger partial charge in [-0.2, -0.15) is 0 Å². The molecule has 11 heavy (non-hydrogen) atoms. The normalized spacial score (nSPS) is 10.0. The standard InChI is InChI=1S/C7H9NO2S/c1-3-5-6(7(9)10)8-4(2)11-5/h3H2,1-2H3,(H,9,10). The highest BCUT2D eigenvalue weighted by Gasteiger charge is 2.13. The Morgan fingerprint density at radius 3 is 2.73 bits per heavy atom. The van der Waals surface area contributed by atoms with E-state index in [9.17, 15) is 4.79 Å². The molecule has 1 N–H and O–H groups in total. The maximum atomic E-state index is 10.5. The predicted octanol–water partition coefficient (Wildman–Crippen LogP) is 1.71. The van der Waals surface area contributed by atoms with Gasteiger partial charge in [0.15, 0.2) is 5.69 Å². The Hall–Kier alpha value is -0.900. The molecule has 1 heterocycles. The van der Waals surface area contributed by atoms with E-state index >= 15 is 0 Å². The van der Waals surface area contributed by atoms with Gasteiger partial charge in [0.1, 0.15) is 0 Å². The van der Waals surface area contributed by atoms with Crippen molar-refractivity contribution in [3.8, 4) is 0 Å². The number of aromatic nitrogens is 1. The lowest BCUT2D eigenvalue weighted by Gasteiger charge is -1.89. The molecule has 1 rings (SSSR count). The summed E-state index contributed by atoms with van der Waals surface area (Å²) in [6, 6.07) is 0. The Bertz CT molecular complexity index is 280. The number of aryl methyl sites for hydroxylation is 2. The quantitative estimate of drug-likeness (QED) is 0.737. The molecule has 0 aliphatic heterocycles. The van der Waals surface area contributed by atoms with Gasteiger partial charge >= 0.3 is 5.97 Å². The van der Waals surface area contributed by atoms with Gasteiger partial charge in [0.25, 0.3) is 0 Å². The first-order chi connectivity index (χ1) is 5.15. The predicted molar refractivity (Wildman–Crippen MR) is 43.2 cm³/mol. The van der Waals surface area contributed by atoms with Gasteiger partial charge in [0, 0.05) is 4.88 Å². The average Bonchev–Trinajstić information content (AvgIpc) is 2.30. The van der Waals surface area contributed by atoms with E-state index in [-0.39, 0.29) is 5.69 Å². The highest BCUT2D eigenvalue weighted by Crippen LogP contribution is 2.17. The van der Waals surface area contributed by atoms with Crippen molar-refractivity contribution in [1.29, 1.82) is 0 Å². The van der Waals surface area contributed by atoms with Gasteiger partial charge in [-0.25, -0.2) is 9.78 Å². The molecule has 3 nitrogen and oxygen atoms in total. The number of aromatic carboxylic acids is 1. The molecule has 0 unspecified atom stereocenters. The molecular formula is C7H9NO2S. The second-order valence-corrected chi connectivity index (χ2v) is 3.45. The number of nitrogens with zero attached hydrogens (tertiary/aromatic N) is 1. The zero-order chi connectivity index (χ0) is 8.43. The Labute approximate surface area is 68.7 Å². The molecule has 0 amide bonds. The lowest BCUT2D eigenvalue weighted by atomic mass is 10.3. The van der Waals surface area contributed by atoms with E-state index in [4.69, 9.17) is 5.11 Å². The van der Waals surface area contributed by atoms with E-state index in [1.165, 1.54) is 11.3 Å². The molecule has 60 valence electrons. The Morgan fingerprint density at radius 2 is 2.36 bits per heavy atom. The van der Waals surface area contributed by atoms with Gasteiger partial charge in [-0.1, -0.05) is 6.92 Å². The maximum absolute atomic E-state index is 10.5. The average molecular weight is 171 g/mol. The van der Waals surface area contributed by atoms with Gasteiger partial charge in [-0.05, 0) is 13.3 Å². The van der Waals surface area contributed by atoms with Crippen molar-refractivity contribution in [2.75, 3.05) is 0 Å². The minimum atomic E-state index is -0.925. The van der Waals surface area contributed by atoms with Crippen LogP contribution in [0, 0.1) is 6.92 Å². The first-order valence-electron chi connectivity index (χ1n) is 3.34. The second kappa shape index (κ2) is 3.00. The van der Waals surface area contributed by atoms with Crippen LogP contribution in [0.1, 0.15) is 27.3 Å².